The minimum atomic E-state index is 0. The van der Waals surface area contributed by atoms with Crippen molar-refractivity contribution < 1.29 is 4.84 Å². The zero-order valence-corrected chi connectivity index (χ0v) is 8.13. The van der Waals surface area contributed by atoms with Gasteiger partial charge in [-0.2, -0.15) is 0 Å². The van der Waals surface area contributed by atoms with E-state index in [9.17, 15) is 0 Å². The van der Waals surface area contributed by atoms with E-state index in [0.717, 1.165) is 6.42 Å². The fraction of sp³-hybridized carbons (Fsp3) is 1.00. The number of hydrogen-bond donors (Lipinski definition) is 2. The van der Waals surface area contributed by atoms with E-state index in [1.54, 1.807) is 0 Å². The maximum Gasteiger partial charge on any atom is 0.0681 e. The summed E-state index contributed by atoms with van der Waals surface area (Å²) in [7, 11) is 0. The van der Waals surface area contributed by atoms with E-state index in [2.05, 4.69) is 18.7 Å². The van der Waals surface area contributed by atoms with Gasteiger partial charge in [0.2, 0.25) is 0 Å². The van der Waals surface area contributed by atoms with E-state index >= 15 is 0 Å². The second-order valence-electron chi connectivity index (χ2n) is 2.05. The van der Waals surface area contributed by atoms with Gasteiger partial charge in [0.25, 0.3) is 0 Å². The second-order valence-corrected chi connectivity index (χ2v) is 2.05. The third-order valence-corrected chi connectivity index (χ3v) is 0.813. The minimum Gasteiger partial charge on any atom is -0.344 e. The lowest BCUT2D eigenvalue weighted by Crippen LogP contribution is -2.03. The van der Waals surface area contributed by atoms with Crippen LogP contribution in [0.15, 0.2) is 0 Å². The molecule has 68 valence electrons. The predicted octanol–water partition coefficient (Wildman–Crippen LogP) is 1.93. The summed E-state index contributed by atoms with van der Waals surface area (Å²) in [5, 5.41) is 0. The molecule has 0 saturated heterocycles. The SMILES string of the molecule is CC(C)CCON.Cl.Cl.N. The zero-order chi connectivity index (χ0) is 5.70. The van der Waals surface area contributed by atoms with Crippen LogP contribution in [0.2, 0.25) is 0 Å². The lowest BCUT2D eigenvalue weighted by atomic mass is 10.1. The topological polar surface area (TPSA) is 70.2 Å². The Balaban J connectivity index is -0.0000000600. The summed E-state index contributed by atoms with van der Waals surface area (Å²) in [4.78, 5) is 4.35. The molecule has 0 bridgehead atoms. The molecule has 5 heteroatoms. The molecule has 0 radical (unpaired) electrons. The molecule has 0 unspecified atom stereocenters. The Labute approximate surface area is 75.0 Å². The first-order valence-corrected chi connectivity index (χ1v) is 2.59. The Morgan fingerprint density at radius 1 is 1.30 bits per heavy atom. The summed E-state index contributed by atoms with van der Waals surface area (Å²) in [5.74, 6) is 5.47. The van der Waals surface area contributed by atoms with Crippen LogP contribution in [0.3, 0.4) is 0 Å². The van der Waals surface area contributed by atoms with Crippen LogP contribution in [0.1, 0.15) is 20.3 Å². The van der Waals surface area contributed by atoms with Crippen molar-refractivity contribution in [2.24, 2.45) is 11.8 Å². The average Bonchev–Trinajstić information content (AvgIpc) is 1.61. The Bertz CT molecular complexity index is 46.6. The Morgan fingerprint density at radius 2 is 1.70 bits per heavy atom. The summed E-state index contributed by atoms with van der Waals surface area (Å²) in [6.07, 6.45) is 1.05. The van der Waals surface area contributed by atoms with Gasteiger partial charge in [0, 0.05) is 0 Å². The molecule has 0 aliphatic carbocycles. The van der Waals surface area contributed by atoms with E-state index in [4.69, 9.17) is 5.90 Å². The first-order chi connectivity index (χ1) is 3.27. The summed E-state index contributed by atoms with van der Waals surface area (Å²) >= 11 is 0. The molecule has 0 heterocycles. The molecule has 0 atom stereocenters. The highest BCUT2D eigenvalue weighted by atomic mass is 35.5. The van der Waals surface area contributed by atoms with E-state index < -0.39 is 0 Å². The highest BCUT2D eigenvalue weighted by molar-refractivity contribution is 5.85. The third kappa shape index (κ3) is 23.7. The lowest BCUT2D eigenvalue weighted by molar-refractivity contribution is 0.126. The molecule has 3 nitrogen and oxygen atoms in total. The first-order valence-electron chi connectivity index (χ1n) is 2.59. The Morgan fingerprint density at radius 3 is 1.80 bits per heavy atom. The van der Waals surface area contributed by atoms with E-state index in [1.807, 2.05) is 0 Å². The first kappa shape index (κ1) is 22.4. The number of hydrogen-bond acceptors (Lipinski definition) is 3. The number of nitrogens with two attached hydrogens (primary N) is 1. The van der Waals surface area contributed by atoms with Crippen LogP contribution in [-0.4, -0.2) is 6.61 Å². The van der Waals surface area contributed by atoms with Crippen molar-refractivity contribution in [1.29, 1.82) is 0 Å². The van der Waals surface area contributed by atoms with Crippen molar-refractivity contribution >= 4 is 24.8 Å². The molecular formula is C5H18Cl2N2O. The van der Waals surface area contributed by atoms with Gasteiger partial charge in [-0.15, -0.1) is 24.8 Å². The monoisotopic (exact) mass is 192 g/mol. The van der Waals surface area contributed by atoms with Crippen LogP contribution in [0.4, 0.5) is 0 Å². The highest BCUT2D eigenvalue weighted by Gasteiger charge is 1.89. The largest absolute Gasteiger partial charge is 0.344 e. The molecule has 0 amide bonds. The van der Waals surface area contributed by atoms with Gasteiger partial charge in [0.1, 0.15) is 0 Å². The van der Waals surface area contributed by atoms with Gasteiger partial charge in [0.05, 0.1) is 6.61 Å². The summed E-state index contributed by atoms with van der Waals surface area (Å²) in [6.45, 7) is 4.95. The fourth-order valence-corrected chi connectivity index (χ4v) is 0.304. The van der Waals surface area contributed by atoms with Crippen molar-refractivity contribution in [1.82, 2.24) is 6.15 Å². The Hall–Kier alpha value is 0.460. The summed E-state index contributed by atoms with van der Waals surface area (Å²) in [6, 6.07) is 0. The molecule has 10 heavy (non-hydrogen) atoms. The van der Waals surface area contributed by atoms with Crippen molar-refractivity contribution in [2.75, 3.05) is 6.61 Å². The summed E-state index contributed by atoms with van der Waals surface area (Å²) in [5.41, 5.74) is 0. The molecule has 5 N–H and O–H groups in total. The van der Waals surface area contributed by atoms with Crippen LogP contribution in [0, 0.1) is 5.92 Å². The van der Waals surface area contributed by atoms with Crippen molar-refractivity contribution in [3.05, 3.63) is 0 Å². The van der Waals surface area contributed by atoms with Gasteiger partial charge in [-0.05, 0) is 12.3 Å². The standard InChI is InChI=1S/C5H13NO.2ClH.H3N/c1-5(2)3-4-7-6;;;/h5H,3-4,6H2,1-2H3;2*1H;1H3. The normalized spacial score (nSPS) is 7.20. The van der Waals surface area contributed by atoms with Crippen LogP contribution in [0.25, 0.3) is 0 Å². The van der Waals surface area contributed by atoms with E-state index in [0.29, 0.717) is 12.5 Å². The van der Waals surface area contributed by atoms with E-state index in [1.165, 1.54) is 0 Å². The maximum atomic E-state index is 4.78. The number of rotatable bonds is 3. The molecule has 0 aromatic rings. The molecule has 0 rings (SSSR count). The fourth-order valence-electron chi connectivity index (χ4n) is 0.304. The van der Waals surface area contributed by atoms with Gasteiger partial charge < -0.3 is 11.0 Å². The molecule has 0 aliphatic rings. The van der Waals surface area contributed by atoms with Crippen molar-refractivity contribution in [2.45, 2.75) is 20.3 Å². The third-order valence-electron chi connectivity index (χ3n) is 0.813. The van der Waals surface area contributed by atoms with Gasteiger partial charge in [0.15, 0.2) is 0 Å². The molecule has 0 aromatic heterocycles. The molecule has 0 aliphatic heterocycles. The molecule has 0 spiro atoms. The maximum absolute atomic E-state index is 4.78. The quantitative estimate of drug-likeness (QED) is 0.672. The lowest BCUT2D eigenvalue weighted by Gasteiger charge is -1.99. The highest BCUT2D eigenvalue weighted by Crippen LogP contribution is 1.96. The molecule has 0 saturated carbocycles. The zero-order valence-electron chi connectivity index (χ0n) is 6.50. The van der Waals surface area contributed by atoms with Crippen molar-refractivity contribution in [3.8, 4) is 0 Å². The average molecular weight is 193 g/mol. The van der Waals surface area contributed by atoms with Gasteiger partial charge in [-0.3, -0.25) is 0 Å². The van der Waals surface area contributed by atoms with Gasteiger partial charge in [-0.25, -0.2) is 5.90 Å². The van der Waals surface area contributed by atoms with Gasteiger partial charge in [-0.1, -0.05) is 13.8 Å². The van der Waals surface area contributed by atoms with E-state index in [-0.39, 0.29) is 31.0 Å². The predicted molar refractivity (Wildman–Crippen MR) is 49.1 cm³/mol. The van der Waals surface area contributed by atoms with Crippen LogP contribution < -0.4 is 12.0 Å². The van der Waals surface area contributed by atoms with Crippen molar-refractivity contribution in [3.63, 3.8) is 0 Å². The molecular weight excluding hydrogens is 175 g/mol. The minimum absolute atomic E-state index is 0. The second kappa shape index (κ2) is 16.2. The smallest absolute Gasteiger partial charge is 0.0681 e. The summed E-state index contributed by atoms with van der Waals surface area (Å²) < 4.78 is 0. The van der Waals surface area contributed by atoms with Crippen LogP contribution in [0.5, 0.6) is 0 Å². The molecule has 0 fully saturated rings. The van der Waals surface area contributed by atoms with Crippen LogP contribution in [-0.2, 0) is 4.84 Å². The van der Waals surface area contributed by atoms with Crippen LogP contribution >= 0.6 is 24.8 Å². The Kier molecular flexibility index (Phi) is 36.4. The number of halogens is 2. The molecule has 0 aromatic carbocycles. The van der Waals surface area contributed by atoms with Gasteiger partial charge >= 0.3 is 0 Å².